The van der Waals surface area contributed by atoms with Crippen molar-refractivity contribution in [3.63, 3.8) is 0 Å². The summed E-state index contributed by atoms with van der Waals surface area (Å²) < 4.78 is 0. The van der Waals surface area contributed by atoms with Gasteiger partial charge in [-0.1, -0.05) is 25.0 Å². The number of aliphatic hydroxyl groups is 1. The van der Waals surface area contributed by atoms with Crippen LogP contribution < -0.4 is 0 Å². The minimum Gasteiger partial charge on any atom is -0.395 e. The summed E-state index contributed by atoms with van der Waals surface area (Å²) in [6.07, 6.45) is 0. The van der Waals surface area contributed by atoms with E-state index in [1.807, 2.05) is 26.0 Å². The Labute approximate surface area is 88.4 Å². The number of pyridine rings is 1. The van der Waals surface area contributed by atoms with Crippen molar-refractivity contribution in [2.24, 2.45) is 5.11 Å². The number of hydrogen-bond donors (Lipinski definition) is 1. The van der Waals surface area contributed by atoms with Crippen LogP contribution in [0.2, 0.25) is 0 Å². The molecule has 5 heteroatoms. The van der Waals surface area contributed by atoms with Gasteiger partial charge >= 0.3 is 0 Å². The Balaban J connectivity index is 2.96. The van der Waals surface area contributed by atoms with Crippen LogP contribution in [-0.4, -0.2) is 16.7 Å². The molecule has 1 N–H and O–H groups in total. The summed E-state index contributed by atoms with van der Waals surface area (Å²) in [7, 11) is 0. The molecule has 0 fully saturated rings. The van der Waals surface area contributed by atoms with Crippen LogP contribution in [0.25, 0.3) is 10.4 Å². The topological polar surface area (TPSA) is 81.9 Å². The molecule has 0 aliphatic rings. The number of rotatable bonds is 4. The first-order valence-corrected chi connectivity index (χ1v) is 4.68. The standard InChI is InChI=1S/C10H14N4O/c1-10(2,7-15)9-5-3-4-8(13-9)6-12-14-11/h3-5,15H,6-7H2,1-2H3. The van der Waals surface area contributed by atoms with E-state index in [4.69, 9.17) is 5.53 Å². The zero-order valence-corrected chi connectivity index (χ0v) is 8.88. The highest BCUT2D eigenvalue weighted by Gasteiger charge is 2.20. The molecule has 0 bridgehead atoms. The molecule has 0 saturated carbocycles. The normalized spacial score (nSPS) is 10.9. The molecule has 0 unspecified atom stereocenters. The van der Waals surface area contributed by atoms with E-state index >= 15 is 0 Å². The fourth-order valence-corrected chi connectivity index (χ4v) is 1.13. The summed E-state index contributed by atoms with van der Waals surface area (Å²) >= 11 is 0. The fraction of sp³-hybridized carbons (Fsp3) is 0.500. The van der Waals surface area contributed by atoms with Gasteiger partial charge in [0.1, 0.15) is 0 Å². The second-order valence-corrected chi connectivity index (χ2v) is 3.95. The number of aliphatic hydroxyl groups excluding tert-OH is 1. The number of aromatic nitrogens is 1. The molecule has 0 amide bonds. The molecule has 5 nitrogen and oxygen atoms in total. The maximum atomic E-state index is 9.19. The Morgan fingerprint density at radius 1 is 1.53 bits per heavy atom. The second kappa shape index (κ2) is 4.77. The fourth-order valence-electron chi connectivity index (χ4n) is 1.13. The van der Waals surface area contributed by atoms with E-state index in [0.29, 0.717) is 5.69 Å². The van der Waals surface area contributed by atoms with Gasteiger partial charge < -0.3 is 5.11 Å². The summed E-state index contributed by atoms with van der Waals surface area (Å²) in [5, 5.41) is 12.6. The smallest absolute Gasteiger partial charge is 0.0684 e. The van der Waals surface area contributed by atoms with Gasteiger partial charge in [0.2, 0.25) is 0 Å². The van der Waals surface area contributed by atoms with Crippen molar-refractivity contribution in [3.8, 4) is 0 Å². The minimum absolute atomic E-state index is 0.0327. The van der Waals surface area contributed by atoms with Crippen molar-refractivity contribution in [1.29, 1.82) is 0 Å². The van der Waals surface area contributed by atoms with Gasteiger partial charge in [0, 0.05) is 21.7 Å². The van der Waals surface area contributed by atoms with Gasteiger partial charge in [-0.15, -0.1) is 0 Å². The molecule has 1 heterocycles. The maximum Gasteiger partial charge on any atom is 0.0684 e. The summed E-state index contributed by atoms with van der Waals surface area (Å²) in [6, 6.07) is 5.50. The molecule has 0 saturated heterocycles. The molecule has 0 aromatic carbocycles. The third-order valence-electron chi connectivity index (χ3n) is 2.19. The second-order valence-electron chi connectivity index (χ2n) is 3.95. The molecule has 0 radical (unpaired) electrons. The van der Waals surface area contributed by atoms with Crippen molar-refractivity contribution in [1.82, 2.24) is 4.98 Å². The van der Waals surface area contributed by atoms with Crippen molar-refractivity contribution < 1.29 is 5.11 Å². The van der Waals surface area contributed by atoms with Crippen LogP contribution in [0.3, 0.4) is 0 Å². The Morgan fingerprint density at radius 3 is 2.87 bits per heavy atom. The molecule has 0 spiro atoms. The molecule has 0 atom stereocenters. The maximum absolute atomic E-state index is 9.19. The first-order chi connectivity index (χ1) is 7.10. The zero-order valence-electron chi connectivity index (χ0n) is 8.88. The van der Waals surface area contributed by atoms with E-state index < -0.39 is 0 Å². The lowest BCUT2D eigenvalue weighted by molar-refractivity contribution is 0.215. The van der Waals surface area contributed by atoms with Crippen LogP contribution in [0.15, 0.2) is 23.3 Å². The lowest BCUT2D eigenvalue weighted by Gasteiger charge is -2.21. The first kappa shape index (κ1) is 11.5. The molecule has 0 aliphatic heterocycles. The van der Waals surface area contributed by atoms with Crippen LogP contribution in [0.5, 0.6) is 0 Å². The lowest BCUT2D eigenvalue weighted by Crippen LogP contribution is -2.23. The quantitative estimate of drug-likeness (QED) is 0.465. The van der Waals surface area contributed by atoms with Crippen LogP contribution in [0.4, 0.5) is 0 Å². The molecule has 1 aromatic heterocycles. The molecule has 80 valence electrons. The summed E-state index contributed by atoms with van der Waals surface area (Å²) in [5.74, 6) is 0. The van der Waals surface area contributed by atoms with Gasteiger partial charge in [0.25, 0.3) is 0 Å². The van der Waals surface area contributed by atoms with E-state index in [0.717, 1.165) is 5.69 Å². The predicted molar refractivity (Wildman–Crippen MR) is 57.2 cm³/mol. The molecule has 1 rings (SSSR count). The van der Waals surface area contributed by atoms with E-state index in [9.17, 15) is 5.11 Å². The highest BCUT2D eigenvalue weighted by Crippen LogP contribution is 2.20. The first-order valence-electron chi connectivity index (χ1n) is 4.68. The monoisotopic (exact) mass is 206 g/mol. The molecule has 0 aliphatic carbocycles. The van der Waals surface area contributed by atoms with Crippen molar-refractivity contribution in [2.45, 2.75) is 25.8 Å². The average Bonchev–Trinajstić information content (AvgIpc) is 2.27. The van der Waals surface area contributed by atoms with E-state index in [2.05, 4.69) is 15.0 Å². The third kappa shape index (κ3) is 2.94. The van der Waals surface area contributed by atoms with Gasteiger partial charge in [-0.2, -0.15) is 0 Å². The van der Waals surface area contributed by atoms with Crippen molar-refractivity contribution >= 4 is 0 Å². The van der Waals surface area contributed by atoms with Crippen LogP contribution in [-0.2, 0) is 12.0 Å². The van der Waals surface area contributed by atoms with Gasteiger partial charge in [-0.05, 0) is 17.7 Å². The lowest BCUT2D eigenvalue weighted by atomic mass is 9.90. The van der Waals surface area contributed by atoms with Gasteiger partial charge in [-0.25, -0.2) is 0 Å². The van der Waals surface area contributed by atoms with E-state index in [1.165, 1.54) is 0 Å². The Morgan fingerprint density at radius 2 is 2.27 bits per heavy atom. The SMILES string of the molecule is CC(C)(CO)c1cccc(CN=[N+]=[N-])n1. The highest BCUT2D eigenvalue weighted by molar-refractivity contribution is 5.18. The number of azide groups is 1. The van der Waals surface area contributed by atoms with Crippen molar-refractivity contribution in [3.05, 3.63) is 40.0 Å². The number of hydrogen-bond acceptors (Lipinski definition) is 3. The van der Waals surface area contributed by atoms with Gasteiger partial charge in [0.15, 0.2) is 0 Å². The van der Waals surface area contributed by atoms with Gasteiger partial charge in [-0.3, -0.25) is 4.98 Å². The zero-order chi connectivity index (χ0) is 11.3. The molecule has 1 aromatic rings. The molecule has 15 heavy (non-hydrogen) atoms. The Hall–Kier alpha value is -1.58. The largest absolute Gasteiger partial charge is 0.395 e. The average molecular weight is 206 g/mol. The summed E-state index contributed by atoms with van der Waals surface area (Å²) in [6.45, 7) is 4.09. The van der Waals surface area contributed by atoms with E-state index in [-0.39, 0.29) is 18.6 Å². The Bertz CT molecular complexity index is 383. The van der Waals surface area contributed by atoms with E-state index in [1.54, 1.807) is 6.07 Å². The van der Waals surface area contributed by atoms with Crippen LogP contribution >= 0.6 is 0 Å². The van der Waals surface area contributed by atoms with Crippen LogP contribution in [0.1, 0.15) is 25.2 Å². The van der Waals surface area contributed by atoms with Crippen molar-refractivity contribution in [2.75, 3.05) is 6.61 Å². The molecular formula is C10H14N4O. The highest BCUT2D eigenvalue weighted by atomic mass is 16.3. The number of nitrogens with zero attached hydrogens (tertiary/aromatic N) is 4. The molecular weight excluding hydrogens is 192 g/mol. The third-order valence-corrected chi connectivity index (χ3v) is 2.19. The summed E-state index contributed by atoms with van der Waals surface area (Å²) in [5.41, 5.74) is 9.34. The minimum atomic E-state index is -0.369. The summed E-state index contributed by atoms with van der Waals surface area (Å²) in [4.78, 5) is 7.01. The predicted octanol–water partition coefficient (Wildman–Crippen LogP) is 2.16. The van der Waals surface area contributed by atoms with Crippen LogP contribution in [0, 0.1) is 0 Å². The van der Waals surface area contributed by atoms with Gasteiger partial charge in [0.05, 0.1) is 13.2 Å². The Kier molecular flexibility index (Phi) is 3.66.